The van der Waals surface area contributed by atoms with E-state index in [-0.39, 0.29) is 6.03 Å². The fourth-order valence-corrected chi connectivity index (χ4v) is 1.72. The molecule has 0 saturated heterocycles. The van der Waals surface area contributed by atoms with Gasteiger partial charge in [0.15, 0.2) is 6.04 Å². The molecule has 1 aromatic rings. The van der Waals surface area contributed by atoms with Crippen LogP contribution in [0.5, 0.6) is 0 Å². The Bertz CT molecular complexity index is 446. The number of aliphatic carboxylic acids is 1. The van der Waals surface area contributed by atoms with Crippen LogP contribution in [0.2, 0.25) is 0 Å². The summed E-state index contributed by atoms with van der Waals surface area (Å²) < 4.78 is 0. The number of hydrogen-bond acceptors (Lipinski definition) is 2. The molecule has 0 heterocycles. The van der Waals surface area contributed by atoms with Crippen LogP contribution in [0.3, 0.4) is 0 Å². The Labute approximate surface area is 119 Å². The van der Waals surface area contributed by atoms with Crippen molar-refractivity contribution in [2.75, 3.05) is 13.6 Å². The van der Waals surface area contributed by atoms with E-state index in [1.54, 1.807) is 37.4 Å². The second-order valence-electron chi connectivity index (χ2n) is 5.24. The van der Waals surface area contributed by atoms with Gasteiger partial charge in [0.25, 0.3) is 0 Å². The molecule has 0 aliphatic rings. The van der Waals surface area contributed by atoms with Crippen molar-refractivity contribution in [1.29, 1.82) is 0 Å². The van der Waals surface area contributed by atoms with Crippen molar-refractivity contribution in [2.24, 2.45) is 5.92 Å². The molecular formula is C15H22N2O3. The lowest BCUT2D eigenvalue weighted by atomic mass is 10.1. The molecule has 0 saturated carbocycles. The SMILES string of the molecule is CC(C)CCN(C)C(=O)NC(C(=O)O)c1ccccc1. The smallest absolute Gasteiger partial charge is 0.330 e. The second-order valence-corrected chi connectivity index (χ2v) is 5.24. The van der Waals surface area contributed by atoms with Gasteiger partial charge in [0.05, 0.1) is 0 Å². The minimum absolute atomic E-state index is 0.373. The molecule has 0 aromatic heterocycles. The van der Waals surface area contributed by atoms with Crippen LogP contribution in [0.1, 0.15) is 31.9 Å². The van der Waals surface area contributed by atoms with Gasteiger partial charge in [-0.25, -0.2) is 9.59 Å². The third-order valence-corrected chi connectivity index (χ3v) is 3.04. The van der Waals surface area contributed by atoms with Crippen molar-refractivity contribution in [3.05, 3.63) is 35.9 Å². The van der Waals surface area contributed by atoms with Crippen molar-refractivity contribution in [3.8, 4) is 0 Å². The highest BCUT2D eigenvalue weighted by molar-refractivity contribution is 5.83. The van der Waals surface area contributed by atoms with E-state index in [1.807, 2.05) is 0 Å². The van der Waals surface area contributed by atoms with E-state index in [2.05, 4.69) is 19.2 Å². The fraction of sp³-hybridized carbons (Fsp3) is 0.467. The molecule has 0 aliphatic heterocycles. The number of urea groups is 1. The fourth-order valence-electron chi connectivity index (χ4n) is 1.72. The van der Waals surface area contributed by atoms with Crippen LogP contribution < -0.4 is 5.32 Å². The number of rotatable bonds is 6. The monoisotopic (exact) mass is 278 g/mol. The Morgan fingerprint density at radius 2 is 1.85 bits per heavy atom. The van der Waals surface area contributed by atoms with Crippen molar-refractivity contribution in [2.45, 2.75) is 26.3 Å². The highest BCUT2D eigenvalue weighted by atomic mass is 16.4. The van der Waals surface area contributed by atoms with Crippen molar-refractivity contribution < 1.29 is 14.7 Å². The van der Waals surface area contributed by atoms with Gasteiger partial charge in [-0.05, 0) is 17.9 Å². The highest BCUT2D eigenvalue weighted by Gasteiger charge is 2.23. The third-order valence-electron chi connectivity index (χ3n) is 3.04. The van der Waals surface area contributed by atoms with E-state index in [0.29, 0.717) is 18.0 Å². The number of carboxylic acids is 1. The first kappa shape index (κ1) is 16.0. The number of benzene rings is 1. The Balaban J connectivity index is 2.67. The van der Waals surface area contributed by atoms with Crippen LogP contribution in [0.25, 0.3) is 0 Å². The van der Waals surface area contributed by atoms with Gasteiger partial charge in [0.1, 0.15) is 0 Å². The number of carbonyl (C=O) groups is 2. The predicted molar refractivity (Wildman–Crippen MR) is 77.4 cm³/mol. The maximum Gasteiger partial charge on any atom is 0.330 e. The van der Waals surface area contributed by atoms with E-state index in [4.69, 9.17) is 0 Å². The molecule has 1 aromatic carbocycles. The molecule has 5 heteroatoms. The molecule has 0 aliphatic carbocycles. The Morgan fingerprint density at radius 1 is 1.25 bits per heavy atom. The molecule has 1 rings (SSSR count). The molecule has 0 bridgehead atoms. The summed E-state index contributed by atoms with van der Waals surface area (Å²) in [6, 6.07) is 7.28. The molecule has 0 spiro atoms. The number of carbonyl (C=O) groups excluding carboxylic acids is 1. The summed E-state index contributed by atoms with van der Waals surface area (Å²) in [5.41, 5.74) is 0.561. The number of carboxylic acid groups (broad SMARTS) is 1. The Hall–Kier alpha value is -2.04. The first-order valence-electron chi connectivity index (χ1n) is 6.71. The number of nitrogens with zero attached hydrogens (tertiary/aromatic N) is 1. The first-order valence-corrected chi connectivity index (χ1v) is 6.71. The summed E-state index contributed by atoms with van der Waals surface area (Å²) in [5, 5.41) is 11.8. The van der Waals surface area contributed by atoms with E-state index in [1.165, 1.54) is 4.90 Å². The second kappa shape index (κ2) is 7.53. The summed E-state index contributed by atoms with van der Waals surface area (Å²) >= 11 is 0. The van der Waals surface area contributed by atoms with Gasteiger partial charge in [-0.2, -0.15) is 0 Å². The standard InChI is InChI=1S/C15H22N2O3/c1-11(2)9-10-17(3)15(20)16-13(14(18)19)12-7-5-4-6-8-12/h4-8,11,13H,9-10H2,1-3H3,(H,16,20)(H,18,19). The van der Waals surface area contributed by atoms with E-state index in [9.17, 15) is 14.7 Å². The van der Waals surface area contributed by atoms with Gasteiger partial charge in [-0.15, -0.1) is 0 Å². The maximum atomic E-state index is 12.0. The lowest BCUT2D eigenvalue weighted by Crippen LogP contribution is -2.42. The molecule has 1 atom stereocenters. The van der Waals surface area contributed by atoms with Gasteiger partial charge < -0.3 is 15.3 Å². The molecular weight excluding hydrogens is 256 g/mol. The molecule has 5 nitrogen and oxygen atoms in total. The van der Waals surface area contributed by atoms with E-state index < -0.39 is 12.0 Å². The third kappa shape index (κ3) is 4.91. The van der Waals surface area contributed by atoms with Crippen LogP contribution in [-0.4, -0.2) is 35.6 Å². The molecule has 2 N–H and O–H groups in total. The quantitative estimate of drug-likeness (QED) is 0.840. The Kier molecular flexibility index (Phi) is 6.03. The molecule has 1 unspecified atom stereocenters. The zero-order valence-electron chi connectivity index (χ0n) is 12.2. The minimum Gasteiger partial charge on any atom is -0.479 e. The van der Waals surface area contributed by atoms with Crippen molar-refractivity contribution in [3.63, 3.8) is 0 Å². The average Bonchev–Trinajstić information content (AvgIpc) is 2.42. The molecule has 0 fully saturated rings. The first-order chi connectivity index (χ1) is 9.41. The summed E-state index contributed by atoms with van der Waals surface area (Å²) in [6.45, 7) is 4.76. The average molecular weight is 278 g/mol. The largest absolute Gasteiger partial charge is 0.479 e. The van der Waals surface area contributed by atoms with Crippen LogP contribution in [0, 0.1) is 5.92 Å². The number of nitrogens with one attached hydrogen (secondary N) is 1. The molecule has 0 radical (unpaired) electrons. The van der Waals surface area contributed by atoms with Crippen LogP contribution in [0.4, 0.5) is 4.79 Å². The summed E-state index contributed by atoms with van der Waals surface area (Å²) in [5.74, 6) is -0.573. The van der Waals surface area contributed by atoms with Crippen molar-refractivity contribution >= 4 is 12.0 Å². The van der Waals surface area contributed by atoms with Gasteiger partial charge in [-0.3, -0.25) is 0 Å². The lowest BCUT2D eigenvalue weighted by Gasteiger charge is -2.22. The van der Waals surface area contributed by atoms with Crippen molar-refractivity contribution in [1.82, 2.24) is 10.2 Å². The van der Waals surface area contributed by atoms with E-state index >= 15 is 0 Å². The van der Waals surface area contributed by atoms with Crippen LogP contribution >= 0.6 is 0 Å². The maximum absolute atomic E-state index is 12.0. The molecule has 2 amide bonds. The summed E-state index contributed by atoms with van der Waals surface area (Å²) in [6.07, 6.45) is 0.882. The van der Waals surface area contributed by atoms with E-state index in [0.717, 1.165) is 6.42 Å². The topological polar surface area (TPSA) is 69.6 Å². The zero-order valence-corrected chi connectivity index (χ0v) is 12.2. The van der Waals surface area contributed by atoms with Gasteiger partial charge in [0, 0.05) is 13.6 Å². The predicted octanol–water partition coefficient (Wildman–Crippen LogP) is 2.50. The zero-order chi connectivity index (χ0) is 15.1. The highest BCUT2D eigenvalue weighted by Crippen LogP contribution is 2.13. The minimum atomic E-state index is -1.07. The number of hydrogen-bond donors (Lipinski definition) is 2. The molecule has 110 valence electrons. The van der Waals surface area contributed by atoms with Gasteiger partial charge in [-0.1, -0.05) is 44.2 Å². The van der Waals surface area contributed by atoms with Gasteiger partial charge in [0.2, 0.25) is 0 Å². The normalized spacial score (nSPS) is 12.0. The summed E-state index contributed by atoms with van der Waals surface area (Å²) in [7, 11) is 1.67. The van der Waals surface area contributed by atoms with Crippen LogP contribution in [0.15, 0.2) is 30.3 Å². The summed E-state index contributed by atoms with van der Waals surface area (Å²) in [4.78, 5) is 24.8. The van der Waals surface area contributed by atoms with Crippen LogP contribution in [-0.2, 0) is 4.79 Å². The lowest BCUT2D eigenvalue weighted by molar-refractivity contribution is -0.139. The number of amides is 2. The molecule has 20 heavy (non-hydrogen) atoms. The Morgan fingerprint density at radius 3 is 2.35 bits per heavy atom. The van der Waals surface area contributed by atoms with Gasteiger partial charge >= 0.3 is 12.0 Å².